The summed E-state index contributed by atoms with van der Waals surface area (Å²) in [5.41, 5.74) is 1.23. The lowest BCUT2D eigenvalue weighted by Gasteiger charge is -2.15. The third-order valence-electron chi connectivity index (χ3n) is 3.33. The van der Waals surface area contributed by atoms with Gasteiger partial charge in [0.05, 0.1) is 13.7 Å². The molecule has 0 amide bonds. The molecule has 0 bridgehead atoms. The van der Waals surface area contributed by atoms with Gasteiger partial charge >= 0.3 is 0 Å². The molecule has 0 heterocycles. The molecule has 0 fully saturated rings. The SMILES string of the molecule is CCC(C)COc1cc(CNCC(C)C)ccc1OC. The minimum Gasteiger partial charge on any atom is -0.493 e. The molecule has 0 radical (unpaired) electrons. The van der Waals surface area contributed by atoms with Crippen molar-refractivity contribution in [2.45, 2.75) is 40.7 Å². The standard InChI is InChI=1S/C17H29NO2/c1-6-14(4)12-20-17-9-15(7-8-16(17)19-5)11-18-10-13(2)3/h7-9,13-14,18H,6,10-12H2,1-5H3. The second kappa shape index (κ2) is 8.85. The van der Waals surface area contributed by atoms with Crippen molar-refractivity contribution in [2.24, 2.45) is 11.8 Å². The fraction of sp³-hybridized carbons (Fsp3) is 0.647. The summed E-state index contributed by atoms with van der Waals surface area (Å²) >= 11 is 0. The van der Waals surface area contributed by atoms with Crippen LogP contribution in [0.15, 0.2) is 18.2 Å². The summed E-state index contributed by atoms with van der Waals surface area (Å²) in [7, 11) is 1.68. The number of ether oxygens (including phenoxy) is 2. The van der Waals surface area contributed by atoms with E-state index in [0.717, 1.165) is 37.6 Å². The minimum atomic E-state index is 0.558. The summed E-state index contributed by atoms with van der Waals surface area (Å²) in [6.45, 7) is 11.4. The Kier molecular flexibility index (Phi) is 7.45. The van der Waals surface area contributed by atoms with Gasteiger partial charge in [-0.3, -0.25) is 0 Å². The molecule has 3 heteroatoms. The van der Waals surface area contributed by atoms with E-state index in [-0.39, 0.29) is 0 Å². The Hall–Kier alpha value is -1.22. The van der Waals surface area contributed by atoms with E-state index < -0.39 is 0 Å². The minimum absolute atomic E-state index is 0.558. The van der Waals surface area contributed by atoms with Gasteiger partial charge in [-0.2, -0.15) is 0 Å². The van der Waals surface area contributed by atoms with Crippen LogP contribution >= 0.6 is 0 Å². The zero-order chi connectivity index (χ0) is 15.0. The lowest BCUT2D eigenvalue weighted by Crippen LogP contribution is -2.19. The van der Waals surface area contributed by atoms with Crippen molar-refractivity contribution < 1.29 is 9.47 Å². The number of methoxy groups -OCH3 is 1. The molecule has 0 aromatic heterocycles. The Morgan fingerprint density at radius 1 is 1.15 bits per heavy atom. The maximum Gasteiger partial charge on any atom is 0.161 e. The maximum atomic E-state index is 5.90. The van der Waals surface area contributed by atoms with Gasteiger partial charge in [-0.15, -0.1) is 0 Å². The van der Waals surface area contributed by atoms with Crippen molar-refractivity contribution in [2.75, 3.05) is 20.3 Å². The Morgan fingerprint density at radius 2 is 1.90 bits per heavy atom. The van der Waals surface area contributed by atoms with Crippen LogP contribution in [-0.4, -0.2) is 20.3 Å². The molecule has 20 heavy (non-hydrogen) atoms. The molecule has 114 valence electrons. The molecular weight excluding hydrogens is 250 g/mol. The number of hydrogen-bond acceptors (Lipinski definition) is 3. The van der Waals surface area contributed by atoms with E-state index in [1.165, 1.54) is 5.56 Å². The number of rotatable bonds is 9. The van der Waals surface area contributed by atoms with E-state index in [1.807, 2.05) is 6.07 Å². The number of benzene rings is 1. The highest BCUT2D eigenvalue weighted by atomic mass is 16.5. The van der Waals surface area contributed by atoms with Crippen molar-refractivity contribution in [3.05, 3.63) is 23.8 Å². The van der Waals surface area contributed by atoms with Gasteiger partial charge in [0, 0.05) is 6.54 Å². The Bertz CT molecular complexity index is 391. The van der Waals surface area contributed by atoms with Crippen LogP contribution in [-0.2, 0) is 6.54 Å². The predicted octanol–water partition coefficient (Wildman–Crippen LogP) is 3.87. The van der Waals surface area contributed by atoms with Crippen LogP contribution in [0, 0.1) is 11.8 Å². The average molecular weight is 279 g/mol. The molecule has 0 spiro atoms. The largest absolute Gasteiger partial charge is 0.493 e. The molecule has 1 aromatic carbocycles. The van der Waals surface area contributed by atoms with Crippen LogP contribution in [0.5, 0.6) is 11.5 Å². The van der Waals surface area contributed by atoms with Crippen LogP contribution in [0.1, 0.15) is 39.7 Å². The highest BCUT2D eigenvalue weighted by Crippen LogP contribution is 2.28. The Labute approximate surface area is 123 Å². The molecule has 1 unspecified atom stereocenters. The molecule has 0 saturated carbocycles. The summed E-state index contributed by atoms with van der Waals surface area (Å²) in [6.07, 6.45) is 1.12. The molecular formula is C17H29NO2. The lowest BCUT2D eigenvalue weighted by atomic mass is 10.1. The van der Waals surface area contributed by atoms with Gasteiger partial charge in [0.15, 0.2) is 11.5 Å². The molecule has 0 aliphatic heterocycles. The highest BCUT2D eigenvalue weighted by molar-refractivity contribution is 5.42. The first-order valence-corrected chi connectivity index (χ1v) is 7.57. The van der Waals surface area contributed by atoms with E-state index in [4.69, 9.17) is 9.47 Å². The van der Waals surface area contributed by atoms with Crippen LogP contribution in [0.3, 0.4) is 0 Å². The van der Waals surface area contributed by atoms with Crippen LogP contribution in [0.25, 0.3) is 0 Å². The molecule has 3 nitrogen and oxygen atoms in total. The zero-order valence-electron chi connectivity index (χ0n) is 13.5. The van der Waals surface area contributed by atoms with Crippen molar-refractivity contribution in [1.82, 2.24) is 5.32 Å². The first-order valence-electron chi connectivity index (χ1n) is 7.57. The summed E-state index contributed by atoms with van der Waals surface area (Å²) < 4.78 is 11.3. The van der Waals surface area contributed by atoms with Gasteiger partial charge in [0.2, 0.25) is 0 Å². The Balaban J connectivity index is 2.65. The van der Waals surface area contributed by atoms with Gasteiger partial charge in [-0.25, -0.2) is 0 Å². The molecule has 1 aromatic rings. The van der Waals surface area contributed by atoms with Gasteiger partial charge in [-0.05, 0) is 36.1 Å². The molecule has 0 aliphatic rings. The van der Waals surface area contributed by atoms with E-state index in [0.29, 0.717) is 11.8 Å². The number of nitrogens with one attached hydrogen (secondary N) is 1. The average Bonchev–Trinajstić information content (AvgIpc) is 2.44. The normalized spacial score (nSPS) is 12.5. The summed E-state index contributed by atoms with van der Waals surface area (Å²) in [5.74, 6) is 2.87. The third kappa shape index (κ3) is 5.83. The van der Waals surface area contributed by atoms with Crippen molar-refractivity contribution in [1.29, 1.82) is 0 Å². The first kappa shape index (κ1) is 16.8. The van der Waals surface area contributed by atoms with Gasteiger partial charge in [0.1, 0.15) is 0 Å². The van der Waals surface area contributed by atoms with Crippen LogP contribution < -0.4 is 14.8 Å². The van der Waals surface area contributed by atoms with Gasteiger partial charge in [-0.1, -0.05) is 40.2 Å². The van der Waals surface area contributed by atoms with E-state index in [9.17, 15) is 0 Å². The third-order valence-corrected chi connectivity index (χ3v) is 3.33. The predicted molar refractivity (Wildman–Crippen MR) is 84.5 cm³/mol. The fourth-order valence-electron chi connectivity index (χ4n) is 1.80. The monoisotopic (exact) mass is 279 g/mol. The fourth-order valence-corrected chi connectivity index (χ4v) is 1.80. The van der Waals surface area contributed by atoms with Crippen LogP contribution in [0.4, 0.5) is 0 Å². The zero-order valence-corrected chi connectivity index (χ0v) is 13.5. The highest BCUT2D eigenvalue weighted by Gasteiger charge is 2.08. The molecule has 1 rings (SSSR count). The van der Waals surface area contributed by atoms with E-state index in [1.54, 1.807) is 7.11 Å². The lowest BCUT2D eigenvalue weighted by molar-refractivity contribution is 0.244. The van der Waals surface area contributed by atoms with Crippen molar-refractivity contribution in [3.63, 3.8) is 0 Å². The smallest absolute Gasteiger partial charge is 0.161 e. The molecule has 0 aliphatic carbocycles. The van der Waals surface area contributed by atoms with Crippen molar-refractivity contribution >= 4 is 0 Å². The molecule has 1 atom stereocenters. The maximum absolute atomic E-state index is 5.90. The van der Waals surface area contributed by atoms with Crippen LogP contribution in [0.2, 0.25) is 0 Å². The van der Waals surface area contributed by atoms with E-state index >= 15 is 0 Å². The molecule has 0 saturated heterocycles. The van der Waals surface area contributed by atoms with E-state index in [2.05, 4.69) is 45.1 Å². The van der Waals surface area contributed by atoms with Gasteiger partial charge < -0.3 is 14.8 Å². The summed E-state index contributed by atoms with van der Waals surface area (Å²) in [4.78, 5) is 0. The second-order valence-corrected chi connectivity index (χ2v) is 5.83. The quantitative estimate of drug-likeness (QED) is 0.744. The number of hydrogen-bond donors (Lipinski definition) is 1. The first-order chi connectivity index (χ1) is 9.56. The topological polar surface area (TPSA) is 30.5 Å². The van der Waals surface area contributed by atoms with Crippen molar-refractivity contribution in [3.8, 4) is 11.5 Å². The summed E-state index contributed by atoms with van der Waals surface area (Å²) in [5, 5.41) is 3.45. The van der Waals surface area contributed by atoms with Gasteiger partial charge in [0.25, 0.3) is 0 Å². The summed E-state index contributed by atoms with van der Waals surface area (Å²) in [6, 6.07) is 6.15. The second-order valence-electron chi connectivity index (χ2n) is 5.83. The Morgan fingerprint density at radius 3 is 2.50 bits per heavy atom. The molecule has 1 N–H and O–H groups in total.